The number of aromatic nitrogens is 2. The van der Waals surface area contributed by atoms with E-state index in [1.807, 2.05) is 6.07 Å². The van der Waals surface area contributed by atoms with Gasteiger partial charge in [-0.15, -0.1) is 0 Å². The van der Waals surface area contributed by atoms with E-state index >= 15 is 0 Å². The Hall–Kier alpha value is -4.43. The molecule has 3 aromatic rings. The van der Waals surface area contributed by atoms with E-state index < -0.39 is 48.7 Å². The monoisotopic (exact) mass is 564 g/mol. The van der Waals surface area contributed by atoms with Crippen LogP contribution in [-0.4, -0.2) is 45.7 Å². The third-order valence-electron chi connectivity index (χ3n) is 6.92. The fourth-order valence-corrected chi connectivity index (χ4v) is 5.26. The molecule has 0 spiro atoms. The standard InChI is InChI=1S/C28H23ClF2N6O3/c29-21-6-2-1-5-20(21)25(26(39)35-18-13-28(30,31)14-18)36(19-4-3-10-33-16-19)27(40)22-7-8-24(38)37(22)23-12-17(15-32)9-11-34-23/h1-6,9-12,16,18,22,25H,7-8,13-14H2,(H,35,39)/t22?,25-/m0/s1. The van der Waals surface area contributed by atoms with Crippen molar-refractivity contribution in [3.63, 3.8) is 0 Å². The first-order chi connectivity index (χ1) is 19.2. The summed E-state index contributed by atoms with van der Waals surface area (Å²) in [5.74, 6) is -4.44. The molecular formula is C28H23ClF2N6O3. The highest BCUT2D eigenvalue weighted by Gasteiger charge is 2.48. The van der Waals surface area contributed by atoms with Gasteiger partial charge in [0.1, 0.15) is 17.9 Å². The third-order valence-corrected chi connectivity index (χ3v) is 7.27. The molecule has 3 amide bonds. The van der Waals surface area contributed by atoms with Crippen molar-refractivity contribution >= 4 is 40.8 Å². The number of hydrogen-bond donors (Lipinski definition) is 1. The lowest BCUT2D eigenvalue weighted by Gasteiger charge is -2.39. The molecule has 204 valence electrons. The molecule has 2 aromatic heterocycles. The van der Waals surface area contributed by atoms with E-state index in [4.69, 9.17) is 11.6 Å². The van der Waals surface area contributed by atoms with Crippen molar-refractivity contribution in [3.05, 3.63) is 83.3 Å². The number of halogens is 3. The van der Waals surface area contributed by atoms with Gasteiger partial charge in [0.25, 0.3) is 11.8 Å². The Morgan fingerprint density at radius 2 is 1.95 bits per heavy atom. The van der Waals surface area contributed by atoms with E-state index in [1.165, 1.54) is 40.5 Å². The fourth-order valence-electron chi connectivity index (χ4n) is 5.02. The molecular weight excluding hydrogens is 542 g/mol. The quantitative estimate of drug-likeness (QED) is 0.460. The zero-order chi connectivity index (χ0) is 28.4. The van der Waals surface area contributed by atoms with Crippen molar-refractivity contribution in [1.29, 1.82) is 5.26 Å². The molecule has 1 saturated heterocycles. The largest absolute Gasteiger partial charge is 0.351 e. The highest BCUT2D eigenvalue weighted by Crippen LogP contribution is 2.39. The second-order valence-electron chi connectivity index (χ2n) is 9.65. The summed E-state index contributed by atoms with van der Waals surface area (Å²) in [6, 6.07) is 11.3. The Morgan fingerprint density at radius 3 is 2.62 bits per heavy atom. The molecule has 12 heteroatoms. The molecule has 0 bridgehead atoms. The van der Waals surface area contributed by atoms with Crippen LogP contribution >= 0.6 is 11.6 Å². The number of rotatable bonds is 7. The zero-order valence-corrected chi connectivity index (χ0v) is 21.8. The molecule has 5 rings (SSSR count). The summed E-state index contributed by atoms with van der Waals surface area (Å²) in [5, 5.41) is 12.2. The van der Waals surface area contributed by atoms with Crippen LogP contribution in [0.1, 0.15) is 42.9 Å². The molecule has 0 radical (unpaired) electrons. The minimum Gasteiger partial charge on any atom is -0.351 e. The normalized spacial score (nSPS) is 18.9. The minimum absolute atomic E-state index is 0.0376. The van der Waals surface area contributed by atoms with Crippen molar-refractivity contribution in [3.8, 4) is 6.07 Å². The van der Waals surface area contributed by atoms with Gasteiger partial charge in [0.2, 0.25) is 11.8 Å². The third kappa shape index (κ3) is 5.35. The molecule has 1 saturated carbocycles. The molecule has 1 aromatic carbocycles. The van der Waals surface area contributed by atoms with Crippen LogP contribution in [0, 0.1) is 11.3 Å². The maximum Gasteiger partial charge on any atom is 0.252 e. The zero-order valence-electron chi connectivity index (χ0n) is 21.0. The molecule has 3 heterocycles. The lowest BCUT2D eigenvalue weighted by Crippen LogP contribution is -2.56. The summed E-state index contributed by atoms with van der Waals surface area (Å²) in [6.45, 7) is 0. The summed E-state index contributed by atoms with van der Waals surface area (Å²) in [4.78, 5) is 51.9. The number of alkyl halides is 2. The van der Waals surface area contributed by atoms with E-state index in [-0.39, 0.29) is 46.4 Å². The number of nitrogens with zero attached hydrogens (tertiary/aromatic N) is 5. The topological polar surface area (TPSA) is 119 Å². The SMILES string of the molecule is N#Cc1ccnc(N2C(=O)CCC2C(=O)N(c2cccnc2)[C@H](C(=O)NC2CC(F)(F)C2)c2ccccc2Cl)c1. The van der Waals surface area contributed by atoms with Gasteiger partial charge < -0.3 is 5.32 Å². The fraction of sp³-hybridized carbons (Fsp3) is 0.286. The molecule has 1 unspecified atom stereocenters. The van der Waals surface area contributed by atoms with Crippen LogP contribution in [0.4, 0.5) is 20.3 Å². The van der Waals surface area contributed by atoms with Crippen LogP contribution in [0.25, 0.3) is 0 Å². The van der Waals surface area contributed by atoms with Crippen molar-refractivity contribution in [2.75, 3.05) is 9.80 Å². The molecule has 40 heavy (non-hydrogen) atoms. The maximum absolute atomic E-state index is 14.4. The predicted molar refractivity (Wildman–Crippen MR) is 141 cm³/mol. The molecule has 1 N–H and O–H groups in total. The second-order valence-corrected chi connectivity index (χ2v) is 10.1. The highest BCUT2D eigenvalue weighted by atomic mass is 35.5. The summed E-state index contributed by atoms with van der Waals surface area (Å²) in [6.07, 6.45) is 3.39. The number of amides is 3. The van der Waals surface area contributed by atoms with Gasteiger partial charge in [0.15, 0.2) is 0 Å². The Balaban J connectivity index is 1.58. The van der Waals surface area contributed by atoms with Gasteiger partial charge in [-0.1, -0.05) is 29.8 Å². The summed E-state index contributed by atoms with van der Waals surface area (Å²) in [7, 11) is 0. The summed E-state index contributed by atoms with van der Waals surface area (Å²) < 4.78 is 27.1. The number of carbonyl (C=O) groups excluding carboxylic acids is 3. The Kier molecular flexibility index (Phi) is 7.45. The molecule has 9 nitrogen and oxygen atoms in total. The number of nitrogens with one attached hydrogen (secondary N) is 1. The number of pyridine rings is 2. The van der Waals surface area contributed by atoms with Crippen molar-refractivity contribution < 1.29 is 23.2 Å². The first-order valence-corrected chi connectivity index (χ1v) is 12.9. The number of anilines is 2. The first-order valence-electron chi connectivity index (χ1n) is 12.5. The van der Waals surface area contributed by atoms with Gasteiger partial charge in [-0.25, -0.2) is 13.8 Å². The summed E-state index contributed by atoms with van der Waals surface area (Å²) in [5.41, 5.74) is 0.764. The van der Waals surface area contributed by atoms with Crippen molar-refractivity contribution in [2.24, 2.45) is 0 Å². The lowest BCUT2D eigenvalue weighted by atomic mass is 9.87. The molecule has 2 atom stereocenters. The number of hydrogen-bond acceptors (Lipinski definition) is 6. The van der Waals surface area contributed by atoms with Gasteiger partial charge in [-0.3, -0.25) is 29.2 Å². The minimum atomic E-state index is -2.87. The average molecular weight is 565 g/mol. The highest BCUT2D eigenvalue weighted by molar-refractivity contribution is 6.31. The van der Waals surface area contributed by atoms with Crippen molar-refractivity contribution in [2.45, 2.75) is 49.7 Å². The first kappa shape index (κ1) is 27.1. The Morgan fingerprint density at radius 1 is 1.18 bits per heavy atom. The van der Waals surface area contributed by atoms with E-state index in [0.29, 0.717) is 0 Å². The second kappa shape index (κ2) is 11.0. The van der Waals surface area contributed by atoms with Crippen LogP contribution in [0.2, 0.25) is 5.02 Å². The molecule has 2 aliphatic rings. The predicted octanol–water partition coefficient (Wildman–Crippen LogP) is 4.19. The smallest absolute Gasteiger partial charge is 0.252 e. The molecule has 1 aliphatic heterocycles. The van der Waals surface area contributed by atoms with E-state index in [9.17, 15) is 28.4 Å². The lowest BCUT2D eigenvalue weighted by molar-refractivity contribution is -0.133. The molecule has 1 aliphatic carbocycles. The van der Waals surface area contributed by atoms with Gasteiger partial charge in [-0.2, -0.15) is 5.26 Å². The van der Waals surface area contributed by atoms with Crippen LogP contribution in [0.3, 0.4) is 0 Å². The number of benzene rings is 1. The van der Waals surface area contributed by atoms with E-state index in [1.54, 1.807) is 36.4 Å². The van der Waals surface area contributed by atoms with Crippen LogP contribution < -0.4 is 15.1 Å². The van der Waals surface area contributed by atoms with Gasteiger partial charge >= 0.3 is 0 Å². The number of carbonyl (C=O) groups is 3. The van der Waals surface area contributed by atoms with Crippen LogP contribution in [0.5, 0.6) is 0 Å². The van der Waals surface area contributed by atoms with Gasteiger partial charge in [0.05, 0.1) is 23.5 Å². The van der Waals surface area contributed by atoms with E-state index in [0.717, 1.165) is 0 Å². The summed E-state index contributed by atoms with van der Waals surface area (Å²) >= 11 is 6.51. The maximum atomic E-state index is 14.4. The van der Waals surface area contributed by atoms with Crippen LogP contribution in [0.15, 0.2) is 67.1 Å². The Bertz CT molecular complexity index is 1490. The van der Waals surface area contributed by atoms with Crippen LogP contribution in [-0.2, 0) is 14.4 Å². The van der Waals surface area contributed by atoms with E-state index in [2.05, 4.69) is 15.3 Å². The van der Waals surface area contributed by atoms with Gasteiger partial charge in [0, 0.05) is 48.3 Å². The molecule has 2 fully saturated rings. The average Bonchev–Trinajstić information content (AvgIpc) is 3.32. The van der Waals surface area contributed by atoms with Gasteiger partial charge in [-0.05, 0) is 36.8 Å². The number of nitriles is 1. The van der Waals surface area contributed by atoms with Crippen molar-refractivity contribution in [1.82, 2.24) is 15.3 Å². The Labute approximate surface area is 233 Å².